The van der Waals surface area contributed by atoms with Crippen LogP contribution in [0.4, 0.5) is 0 Å². The van der Waals surface area contributed by atoms with Crippen LogP contribution < -0.4 is 0 Å². The highest BCUT2D eigenvalue weighted by atomic mass is 14.3. The van der Waals surface area contributed by atoms with E-state index in [4.69, 9.17) is 0 Å². The SMILES string of the molecule is CC#Cc1cccc(-c2ccc(C(C)(CCC)CCC)cc2)c1. The quantitative estimate of drug-likeness (QED) is 0.528. The van der Waals surface area contributed by atoms with Gasteiger partial charge in [0.1, 0.15) is 0 Å². The number of benzene rings is 2. The Labute approximate surface area is 142 Å². The maximum Gasteiger partial charge on any atom is 0.0251 e. The van der Waals surface area contributed by atoms with Crippen LogP contribution in [0.25, 0.3) is 11.1 Å². The fourth-order valence-electron chi connectivity index (χ4n) is 3.50. The van der Waals surface area contributed by atoms with Crippen molar-refractivity contribution >= 4 is 0 Å². The Balaban J connectivity index is 2.31. The molecule has 0 aliphatic rings. The fraction of sp³-hybridized carbons (Fsp3) is 0.391. The highest BCUT2D eigenvalue weighted by Gasteiger charge is 2.24. The summed E-state index contributed by atoms with van der Waals surface area (Å²) < 4.78 is 0. The third-order valence-corrected chi connectivity index (χ3v) is 4.65. The Morgan fingerprint density at radius 3 is 2.09 bits per heavy atom. The molecule has 2 aromatic rings. The lowest BCUT2D eigenvalue weighted by atomic mass is 9.75. The molecule has 0 spiro atoms. The van der Waals surface area contributed by atoms with Crippen molar-refractivity contribution in [3.8, 4) is 23.0 Å². The third kappa shape index (κ3) is 4.26. The molecule has 120 valence electrons. The van der Waals surface area contributed by atoms with Crippen LogP contribution in [-0.2, 0) is 5.41 Å². The minimum absolute atomic E-state index is 0.303. The zero-order valence-electron chi connectivity index (χ0n) is 14.9. The smallest absolute Gasteiger partial charge is 0.0251 e. The van der Waals surface area contributed by atoms with Crippen molar-refractivity contribution in [2.75, 3.05) is 0 Å². The van der Waals surface area contributed by atoms with Crippen molar-refractivity contribution < 1.29 is 0 Å². The van der Waals surface area contributed by atoms with E-state index in [2.05, 4.69) is 81.1 Å². The summed E-state index contributed by atoms with van der Waals surface area (Å²) in [6.45, 7) is 8.85. The fourth-order valence-corrected chi connectivity index (χ4v) is 3.50. The average Bonchev–Trinajstić information content (AvgIpc) is 2.56. The van der Waals surface area contributed by atoms with Crippen molar-refractivity contribution in [2.24, 2.45) is 0 Å². The van der Waals surface area contributed by atoms with Crippen molar-refractivity contribution in [1.82, 2.24) is 0 Å². The lowest BCUT2D eigenvalue weighted by Crippen LogP contribution is -2.21. The highest BCUT2D eigenvalue weighted by molar-refractivity contribution is 5.65. The van der Waals surface area contributed by atoms with Gasteiger partial charge in [0.25, 0.3) is 0 Å². The third-order valence-electron chi connectivity index (χ3n) is 4.65. The molecule has 0 heteroatoms. The molecule has 0 unspecified atom stereocenters. The van der Waals surface area contributed by atoms with Gasteiger partial charge in [-0.1, -0.05) is 75.9 Å². The van der Waals surface area contributed by atoms with Crippen LogP contribution in [0.3, 0.4) is 0 Å². The first kappa shape index (κ1) is 17.4. The Morgan fingerprint density at radius 2 is 1.52 bits per heavy atom. The molecule has 0 radical (unpaired) electrons. The number of hydrogen-bond donors (Lipinski definition) is 0. The topological polar surface area (TPSA) is 0 Å². The van der Waals surface area contributed by atoms with Gasteiger partial charge in [0, 0.05) is 5.56 Å². The summed E-state index contributed by atoms with van der Waals surface area (Å²) in [7, 11) is 0. The lowest BCUT2D eigenvalue weighted by molar-refractivity contribution is 0.392. The van der Waals surface area contributed by atoms with E-state index in [-0.39, 0.29) is 0 Å². The van der Waals surface area contributed by atoms with E-state index in [0.29, 0.717) is 5.41 Å². The first-order valence-electron chi connectivity index (χ1n) is 8.76. The van der Waals surface area contributed by atoms with Gasteiger partial charge in [0.15, 0.2) is 0 Å². The zero-order valence-corrected chi connectivity index (χ0v) is 14.9. The molecule has 0 fully saturated rings. The van der Waals surface area contributed by atoms with Crippen LogP contribution in [0.2, 0.25) is 0 Å². The molecule has 0 heterocycles. The summed E-state index contributed by atoms with van der Waals surface area (Å²) in [5.74, 6) is 6.11. The zero-order chi connectivity index (χ0) is 16.7. The molecule has 0 aromatic heterocycles. The standard InChI is InChI=1S/C23H28/c1-5-9-19-10-8-11-21(18-19)20-12-14-22(15-13-20)23(4,16-6-2)17-7-3/h8,10-15,18H,6-7,16-17H2,1-4H3. The number of rotatable bonds is 6. The Morgan fingerprint density at radius 1 is 0.870 bits per heavy atom. The van der Waals surface area contributed by atoms with Gasteiger partial charge in [-0.3, -0.25) is 0 Å². The molecule has 0 atom stereocenters. The summed E-state index contributed by atoms with van der Waals surface area (Å²) in [4.78, 5) is 0. The van der Waals surface area contributed by atoms with Crippen molar-refractivity contribution in [2.45, 2.75) is 58.8 Å². The van der Waals surface area contributed by atoms with E-state index < -0.39 is 0 Å². The Bertz CT molecular complexity index is 674. The molecular weight excluding hydrogens is 276 g/mol. The van der Waals surface area contributed by atoms with E-state index in [1.54, 1.807) is 0 Å². The summed E-state index contributed by atoms with van der Waals surface area (Å²) in [6.07, 6.45) is 4.97. The maximum absolute atomic E-state index is 3.14. The molecule has 0 saturated heterocycles. The second kappa shape index (κ2) is 8.02. The molecule has 0 bridgehead atoms. The normalized spacial score (nSPS) is 11.0. The Kier molecular flexibility index (Phi) is 6.05. The van der Waals surface area contributed by atoms with Gasteiger partial charge in [-0.2, -0.15) is 0 Å². The van der Waals surface area contributed by atoms with E-state index >= 15 is 0 Å². The molecule has 0 aliphatic heterocycles. The van der Waals surface area contributed by atoms with E-state index in [9.17, 15) is 0 Å². The summed E-state index contributed by atoms with van der Waals surface area (Å²) in [5, 5.41) is 0. The minimum Gasteiger partial charge on any atom is -0.101 e. The second-order valence-corrected chi connectivity index (χ2v) is 6.59. The summed E-state index contributed by atoms with van der Waals surface area (Å²) in [5.41, 5.74) is 5.36. The van der Waals surface area contributed by atoms with Gasteiger partial charge >= 0.3 is 0 Å². The van der Waals surface area contributed by atoms with Gasteiger partial charge in [-0.15, -0.1) is 5.92 Å². The summed E-state index contributed by atoms with van der Waals surface area (Å²) in [6, 6.07) is 17.6. The van der Waals surface area contributed by atoms with Crippen LogP contribution in [0.5, 0.6) is 0 Å². The Hall–Kier alpha value is -2.00. The maximum atomic E-state index is 3.14. The van der Waals surface area contributed by atoms with Crippen LogP contribution >= 0.6 is 0 Å². The van der Waals surface area contributed by atoms with Crippen LogP contribution in [-0.4, -0.2) is 0 Å². The number of hydrogen-bond acceptors (Lipinski definition) is 0. The first-order valence-corrected chi connectivity index (χ1v) is 8.76. The van der Waals surface area contributed by atoms with Crippen LogP contribution in [0.1, 0.15) is 64.5 Å². The van der Waals surface area contributed by atoms with Gasteiger partial charge < -0.3 is 0 Å². The van der Waals surface area contributed by atoms with Gasteiger partial charge in [-0.05, 0) is 54.0 Å². The summed E-state index contributed by atoms with van der Waals surface area (Å²) >= 11 is 0. The van der Waals surface area contributed by atoms with Gasteiger partial charge in [0.2, 0.25) is 0 Å². The van der Waals surface area contributed by atoms with E-state index in [1.165, 1.54) is 42.4 Å². The monoisotopic (exact) mass is 304 g/mol. The van der Waals surface area contributed by atoms with Crippen LogP contribution in [0, 0.1) is 11.8 Å². The van der Waals surface area contributed by atoms with Gasteiger partial charge in [-0.25, -0.2) is 0 Å². The average molecular weight is 304 g/mol. The predicted molar refractivity (Wildman–Crippen MR) is 102 cm³/mol. The molecule has 23 heavy (non-hydrogen) atoms. The molecule has 2 rings (SSSR count). The van der Waals surface area contributed by atoms with E-state index in [1.807, 2.05) is 6.92 Å². The predicted octanol–water partition coefficient (Wildman–Crippen LogP) is 6.58. The van der Waals surface area contributed by atoms with Gasteiger partial charge in [0.05, 0.1) is 0 Å². The molecule has 0 nitrogen and oxygen atoms in total. The molecule has 0 saturated carbocycles. The largest absolute Gasteiger partial charge is 0.101 e. The molecular formula is C23H28. The molecule has 0 N–H and O–H groups in total. The van der Waals surface area contributed by atoms with Crippen molar-refractivity contribution in [3.63, 3.8) is 0 Å². The van der Waals surface area contributed by atoms with Crippen molar-refractivity contribution in [3.05, 3.63) is 59.7 Å². The molecule has 2 aromatic carbocycles. The highest BCUT2D eigenvalue weighted by Crippen LogP contribution is 2.35. The van der Waals surface area contributed by atoms with Crippen LogP contribution in [0.15, 0.2) is 48.5 Å². The molecule has 0 amide bonds. The van der Waals surface area contributed by atoms with Crippen molar-refractivity contribution in [1.29, 1.82) is 0 Å². The van der Waals surface area contributed by atoms with E-state index in [0.717, 1.165) is 5.56 Å². The first-order chi connectivity index (χ1) is 11.1. The minimum atomic E-state index is 0.303. The molecule has 0 aliphatic carbocycles. The lowest BCUT2D eigenvalue weighted by Gasteiger charge is -2.30. The second-order valence-electron chi connectivity index (χ2n) is 6.59.